The van der Waals surface area contributed by atoms with Gasteiger partial charge in [-0.05, 0) is 33.6 Å². The van der Waals surface area contributed by atoms with Gasteiger partial charge in [0.05, 0.1) is 11.7 Å². The zero-order valence-electron chi connectivity index (χ0n) is 13.4. The summed E-state index contributed by atoms with van der Waals surface area (Å²) in [4.78, 5) is 39.0. The van der Waals surface area contributed by atoms with Crippen molar-refractivity contribution in [2.75, 3.05) is 13.1 Å². The second kappa shape index (κ2) is 5.36. The van der Waals surface area contributed by atoms with Crippen molar-refractivity contribution in [1.29, 1.82) is 0 Å². The Kier molecular flexibility index (Phi) is 3.62. The third-order valence-electron chi connectivity index (χ3n) is 4.16. The van der Waals surface area contributed by atoms with Crippen molar-refractivity contribution in [3.8, 4) is 0 Å². The van der Waals surface area contributed by atoms with Crippen molar-refractivity contribution in [2.45, 2.75) is 45.3 Å². The largest absolute Gasteiger partial charge is 0.433 e. The zero-order chi connectivity index (χ0) is 16.8. The molecule has 0 bridgehead atoms. The summed E-state index contributed by atoms with van der Waals surface area (Å²) in [5.74, 6) is -0.171. The number of carbonyl (C=O) groups is 3. The van der Waals surface area contributed by atoms with Gasteiger partial charge in [-0.25, -0.2) is 9.69 Å². The highest BCUT2D eigenvalue weighted by Crippen LogP contribution is 2.33. The zero-order valence-corrected chi connectivity index (χ0v) is 13.4. The van der Waals surface area contributed by atoms with Gasteiger partial charge in [0.1, 0.15) is 6.54 Å². The van der Waals surface area contributed by atoms with Crippen molar-refractivity contribution in [1.82, 2.24) is 15.0 Å². The minimum atomic E-state index is -1.22. The summed E-state index contributed by atoms with van der Waals surface area (Å²) < 4.78 is 10.2. The number of amides is 3. The summed E-state index contributed by atoms with van der Waals surface area (Å²) in [5, 5.41) is 3.85. The number of rotatable bonds is 3. The lowest BCUT2D eigenvalue weighted by molar-refractivity contribution is -0.140. The first kappa shape index (κ1) is 15.5. The van der Waals surface area contributed by atoms with E-state index >= 15 is 0 Å². The van der Waals surface area contributed by atoms with Crippen LogP contribution in [0, 0.1) is 6.92 Å². The van der Waals surface area contributed by atoms with Crippen LogP contribution in [0.3, 0.4) is 0 Å². The predicted octanol–water partition coefficient (Wildman–Crippen LogP) is 1.40. The van der Waals surface area contributed by atoms with Crippen LogP contribution in [0.2, 0.25) is 0 Å². The molecule has 3 heterocycles. The molecule has 2 fully saturated rings. The van der Waals surface area contributed by atoms with E-state index in [1.54, 1.807) is 11.0 Å². The Bertz CT molecular complexity index is 666. The van der Waals surface area contributed by atoms with E-state index in [0.717, 1.165) is 23.4 Å². The fourth-order valence-corrected chi connectivity index (χ4v) is 2.99. The summed E-state index contributed by atoms with van der Waals surface area (Å²) >= 11 is 0. The minimum absolute atomic E-state index is 0.203. The maximum absolute atomic E-state index is 12.6. The van der Waals surface area contributed by atoms with Crippen LogP contribution in [0.5, 0.6) is 0 Å². The predicted molar refractivity (Wildman–Crippen MR) is 77.2 cm³/mol. The van der Waals surface area contributed by atoms with E-state index in [9.17, 15) is 14.4 Å². The number of imide groups is 1. The van der Waals surface area contributed by atoms with Gasteiger partial charge in [0.25, 0.3) is 5.91 Å². The van der Waals surface area contributed by atoms with Gasteiger partial charge in [-0.1, -0.05) is 5.16 Å². The Balaban J connectivity index is 1.73. The van der Waals surface area contributed by atoms with Crippen molar-refractivity contribution < 1.29 is 23.6 Å². The first-order valence-electron chi connectivity index (χ1n) is 7.57. The molecule has 1 aromatic heterocycles. The molecule has 1 atom stereocenters. The average molecular weight is 321 g/mol. The van der Waals surface area contributed by atoms with Gasteiger partial charge in [-0.3, -0.25) is 9.59 Å². The summed E-state index contributed by atoms with van der Waals surface area (Å²) in [5.41, 5.74) is -0.469. The molecule has 0 saturated carbocycles. The molecule has 0 radical (unpaired) electrons. The Morgan fingerprint density at radius 2 is 2.17 bits per heavy atom. The molecule has 2 aliphatic rings. The number of carbonyl (C=O) groups excluding carboxylic acids is 3. The molecule has 2 saturated heterocycles. The van der Waals surface area contributed by atoms with Crippen LogP contribution in [0.1, 0.15) is 44.2 Å². The average Bonchev–Trinajstić information content (AvgIpc) is 3.14. The van der Waals surface area contributed by atoms with Gasteiger partial charge in [0.2, 0.25) is 5.91 Å². The molecular weight excluding hydrogens is 302 g/mol. The van der Waals surface area contributed by atoms with Crippen LogP contribution in [0.25, 0.3) is 0 Å². The summed E-state index contributed by atoms with van der Waals surface area (Å²) in [7, 11) is 0. The molecule has 8 nitrogen and oxygen atoms in total. The third kappa shape index (κ3) is 2.69. The molecule has 0 spiro atoms. The highest BCUT2D eigenvalue weighted by Gasteiger charge is 2.48. The van der Waals surface area contributed by atoms with Gasteiger partial charge >= 0.3 is 6.09 Å². The Morgan fingerprint density at radius 1 is 1.43 bits per heavy atom. The Hall–Kier alpha value is -2.38. The van der Waals surface area contributed by atoms with Crippen LogP contribution < -0.4 is 0 Å². The quantitative estimate of drug-likeness (QED) is 0.835. The van der Waals surface area contributed by atoms with Gasteiger partial charge in [0, 0.05) is 12.6 Å². The fourth-order valence-electron chi connectivity index (χ4n) is 2.99. The van der Waals surface area contributed by atoms with E-state index < -0.39 is 17.6 Å². The number of aromatic nitrogens is 1. The summed E-state index contributed by atoms with van der Waals surface area (Å²) in [6.45, 7) is 5.07. The molecule has 0 N–H and O–H groups in total. The van der Waals surface area contributed by atoms with E-state index in [2.05, 4.69) is 5.16 Å². The standard InChI is InChI=1S/C15H19N3O5/c1-9-7-11(23-16-9)10-5-4-6-17(10)12(19)8-18-13(20)15(2,3)22-14(18)21/h7,10H,4-6,8H2,1-3H3/t10-/m1/s1. The number of aryl methyl sites for hydroxylation is 1. The van der Waals surface area contributed by atoms with Crippen LogP contribution >= 0.6 is 0 Å². The number of ether oxygens (including phenoxy) is 1. The lowest BCUT2D eigenvalue weighted by Gasteiger charge is -2.24. The first-order valence-corrected chi connectivity index (χ1v) is 7.57. The summed E-state index contributed by atoms with van der Waals surface area (Å²) in [6.07, 6.45) is 0.823. The van der Waals surface area contributed by atoms with Crippen molar-refractivity contribution >= 4 is 17.9 Å². The van der Waals surface area contributed by atoms with E-state index in [4.69, 9.17) is 9.26 Å². The third-order valence-corrected chi connectivity index (χ3v) is 4.16. The fraction of sp³-hybridized carbons (Fsp3) is 0.600. The minimum Gasteiger partial charge on any atom is -0.433 e. The van der Waals surface area contributed by atoms with Crippen molar-refractivity contribution in [2.24, 2.45) is 0 Å². The van der Waals surface area contributed by atoms with Crippen molar-refractivity contribution in [3.05, 3.63) is 17.5 Å². The maximum Gasteiger partial charge on any atom is 0.418 e. The van der Waals surface area contributed by atoms with E-state index in [1.165, 1.54) is 13.8 Å². The normalized spacial score (nSPS) is 23.5. The van der Waals surface area contributed by atoms with Gasteiger partial charge < -0.3 is 14.2 Å². The molecule has 8 heteroatoms. The molecule has 2 aliphatic heterocycles. The number of cyclic esters (lactones) is 1. The lowest BCUT2D eigenvalue weighted by Crippen LogP contribution is -2.44. The van der Waals surface area contributed by atoms with Gasteiger partial charge in [-0.2, -0.15) is 0 Å². The van der Waals surface area contributed by atoms with Crippen LogP contribution in [0.4, 0.5) is 4.79 Å². The van der Waals surface area contributed by atoms with Crippen LogP contribution in [-0.2, 0) is 14.3 Å². The molecule has 3 rings (SSSR count). The smallest absolute Gasteiger partial charge is 0.418 e. The number of hydrogen-bond donors (Lipinski definition) is 0. The molecule has 0 aromatic carbocycles. The Morgan fingerprint density at radius 3 is 2.74 bits per heavy atom. The summed E-state index contributed by atoms with van der Waals surface area (Å²) in [6, 6.07) is 1.60. The molecule has 23 heavy (non-hydrogen) atoms. The topological polar surface area (TPSA) is 93.0 Å². The van der Waals surface area contributed by atoms with Crippen LogP contribution in [-0.4, -0.2) is 51.6 Å². The molecular formula is C15H19N3O5. The van der Waals surface area contributed by atoms with E-state index in [0.29, 0.717) is 12.3 Å². The van der Waals surface area contributed by atoms with Gasteiger partial charge in [0.15, 0.2) is 11.4 Å². The highest BCUT2D eigenvalue weighted by atomic mass is 16.6. The second-order valence-corrected chi connectivity index (χ2v) is 6.39. The number of hydrogen-bond acceptors (Lipinski definition) is 6. The van der Waals surface area contributed by atoms with Gasteiger partial charge in [-0.15, -0.1) is 0 Å². The lowest BCUT2D eigenvalue weighted by atomic mass is 10.1. The molecule has 124 valence electrons. The highest BCUT2D eigenvalue weighted by molar-refractivity contribution is 6.04. The molecule has 0 aliphatic carbocycles. The monoisotopic (exact) mass is 321 g/mol. The first-order chi connectivity index (χ1) is 10.8. The van der Waals surface area contributed by atoms with E-state index in [-0.39, 0.29) is 18.5 Å². The Labute approximate surface area is 133 Å². The van der Waals surface area contributed by atoms with Crippen molar-refractivity contribution in [3.63, 3.8) is 0 Å². The van der Waals surface area contributed by atoms with E-state index in [1.807, 2.05) is 6.92 Å². The molecule has 0 unspecified atom stereocenters. The van der Waals surface area contributed by atoms with Crippen LogP contribution in [0.15, 0.2) is 10.6 Å². The maximum atomic E-state index is 12.6. The molecule has 1 aromatic rings. The number of nitrogens with zero attached hydrogens (tertiary/aromatic N) is 3. The SMILES string of the molecule is Cc1cc([C@H]2CCCN2C(=O)CN2C(=O)OC(C)(C)C2=O)on1. The molecule has 3 amide bonds. The number of likely N-dealkylation sites (tertiary alicyclic amines) is 1. The second-order valence-electron chi connectivity index (χ2n) is 6.39.